The van der Waals surface area contributed by atoms with Crippen LogP contribution in [-0.2, 0) is 22.6 Å². The number of nitrogens with zero attached hydrogens (tertiary/aromatic N) is 3. The molecule has 4 rings (SSSR count). The van der Waals surface area contributed by atoms with Crippen molar-refractivity contribution in [3.63, 3.8) is 0 Å². The minimum Gasteiger partial charge on any atom is -0.421 e. The number of hydrogen-bond acceptors (Lipinski definition) is 5. The fourth-order valence-electron chi connectivity index (χ4n) is 3.74. The van der Waals surface area contributed by atoms with Crippen LogP contribution in [0.2, 0.25) is 0 Å². The second-order valence-electron chi connectivity index (χ2n) is 7.73. The largest absolute Gasteiger partial charge is 0.421 e. The number of rotatable bonds is 7. The van der Waals surface area contributed by atoms with Crippen LogP contribution in [0.1, 0.15) is 30.7 Å². The quantitative estimate of drug-likeness (QED) is 0.636. The van der Waals surface area contributed by atoms with Gasteiger partial charge in [-0.25, -0.2) is 0 Å². The monoisotopic (exact) mass is 418 g/mol. The van der Waals surface area contributed by atoms with Gasteiger partial charge in [-0.3, -0.25) is 9.59 Å². The van der Waals surface area contributed by atoms with Crippen LogP contribution in [0.25, 0.3) is 11.5 Å². The molecule has 1 fully saturated rings. The van der Waals surface area contributed by atoms with Crippen LogP contribution < -0.4 is 5.32 Å². The second-order valence-corrected chi connectivity index (χ2v) is 7.73. The van der Waals surface area contributed by atoms with E-state index in [0.717, 1.165) is 11.1 Å². The van der Waals surface area contributed by atoms with Crippen LogP contribution in [0.15, 0.2) is 65.1 Å². The Kier molecular flexibility index (Phi) is 6.72. The number of amides is 2. The van der Waals surface area contributed by atoms with Gasteiger partial charge < -0.3 is 14.6 Å². The molecule has 0 unspecified atom stereocenters. The highest BCUT2D eigenvalue weighted by atomic mass is 16.4. The predicted molar refractivity (Wildman–Crippen MR) is 116 cm³/mol. The van der Waals surface area contributed by atoms with Gasteiger partial charge in [0.1, 0.15) is 0 Å². The van der Waals surface area contributed by atoms with Crippen molar-refractivity contribution in [2.24, 2.45) is 5.92 Å². The molecule has 0 saturated carbocycles. The summed E-state index contributed by atoms with van der Waals surface area (Å²) < 4.78 is 5.67. The molecular weight excluding hydrogens is 392 g/mol. The molecule has 2 aromatic carbocycles. The van der Waals surface area contributed by atoms with E-state index in [1.807, 2.05) is 65.6 Å². The van der Waals surface area contributed by atoms with Gasteiger partial charge in [0.2, 0.25) is 23.6 Å². The first-order chi connectivity index (χ1) is 15.2. The smallest absolute Gasteiger partial charge is 0.247 e. The molecule has 3 aromatic rings. The van der Waals surface area contributed by atoms with Crippen LogP contribution in [0.4, 0.5) is 0 Å². The number of aromatic nitrogens is 2. The third-order valence-corrected chi connectivity index (χ3v) is 5.57. The first kappa shape index (κ1) is 20.8. The van der Waals surface area contributed by atoms with Crippen LogP contribution in [0, 0.1) is 5.92 Å². The zero-order chi connectivity index (χ0) is 21.5. The lowest BCUT2D eigenvalue weighted by atomic mass is 9.95. The van der Waals surface area contributed by atoms with Gasteiger partial charge in [0.05, 0.1) is 0 Å². The van der Waals surface area contributed by atoms with Crippen molar-refractivity contribution in [2.45, 2.75) is 32.2 Å². The molecule has 31 heavy (non-hydrogen) atoms. The molecule has 1 N–H and O–H groups in total. The summed E-state index contributed by atoms with van der Waals surface area (Å²) >= 11 is 0. The van der Waals surface area contributed by atoms with Crippen molar-refractivity contribution >= 4 is 11.8 Å². The van der Waals surface area contributed by atoms with Crippen LogP contribution in [0.5, 0.6) is 0 Å². The van der Waals surface area contributed by atoms with E-state index in [4.69, 9.17) is 4.42 Å². The lowest BCUT2D eigenvalue weighted by molar-refractivity contribution is -0.135. The average Bonchev–Trinajstić information content (AvgIpc) is 3.31. The van der Waals surface area contributed by atoms with Gasteiger partial charge in [-0.1, -0.05) is 48.5 Å². The SMILES string of the molecule is O=C(NCc1ccccc1)C1CCN(C(=O)CCc2nnc(-c3ccccc3)o2)CC1. The standard InChI is InChI=1S/C24H26N4O3/c29-22(12-11-21-26-27-24(31-21)20-9-5-2-6-10-20)28-15-13-19(14-16-28)23(30)25-17-18-7-3-1-4-8-18/h1-10,19H,11-17H2,(H,25,30). The van der Waals surface area contributed by atoms with E-state index in [-0.39, 0.29) is 17.7 Å². The molecule has 7 heteroatoms. The van der Waals surface area contributed by atoms with E-state index in [9.17, 15) is 9.59 Å². The van der Waals surface area contributed by atoms with Crippen LogP contribution >= 0.6 is 0 Å². The zero-order valence-electron chi connectivity index (χ0n) is 17.4. The average molecular weight is 418 g/mol. The van der Waals surface area contributed by atoms with Crippen molar-refractivity contribution in [1.82, 2.24) is 20.4 Å². The Hall–Kier alpha value is -3.48. The Morgan fingerprint density at radius 2 is 1.65 bits per heavy atom. The maximum absolute atomic E-state index is 12.6. The van der Waals surface area contributed by atoms with Crippen molar-refractivity contribution in [2.75, 3.05) is 13.1 Å². The molecule has 0 atom stereocenters. The van der Waals surface area contributed by atoms with Gasteiger partial charge in [0.15, 0.2) is 0 Å². The lowest BCUT2D eigenvalue weighted by Gasteiger charge is -2.31. The fraction of sp³-hybridized carbons (Fsp3) is 0.333. The van der Waals surface area contributed by atoms with Gasteiger partial charge in [0, 0.05) is 44.0 Å². The molecule has 2 amide bonds. The van der Waals surface area contributed by atoms with E-state index in [0.29, 0.717) is 57.1 Å². The summed E-state index contributed by atoms with van der Waals surface area (Å²) in [6.45, 7) is 1.73. The van der Waals surface area contributed by atoms with Gasteiger partial charge in [0.25, 0.3) is 0 Å². The number of nitrogens with one attached hydrogen (secondary N) is 1. The minimum absolute atomic E-state index is 0.0443. The zero-order valence-corrected chi connectivity index (χ0v) is 17.4. The second kappa shape index (κ2) is 10.0. The predicted octanol–water partition coefficient (Wildman–Crippen LogP) is 3.22. The molecule has 1 saturated heterocycles. The number of carbonyl (C=O) groups excluding carboxylic acids is 2. The summed E-state index contributed by atoms with van der Waals surface area (Å²) in [5.41, 5.74) is 1.94. The molecule has 1 aliphatic heterocycles. The third-order valence-electron chi connectivity index (χ3n) is 5.57. The van der Waals surface area contributed by atoms with Crippen molar-refractivity contribution in [3.05, 3.63) is 72.1 Å². The maximum atomic E-state index is 12.6. The number of carbonyl (C=O) groups is 2. The van der Waals surface area contributed by atoms with E-state index in [1.165, 1.54) is 0 Å². The van der Waals surface area contributed by atoms with Gasteiger partial charge in [-0.2, -0.15) is 0 Å². The summed E-state index contributed by atoms with van der Waals surface area (Å²) in [5, 5.41) is 11.1. The Bertz CT molecular complexity index is 996. The Balaban J connectivity index is 1.20. The Labute approximate surface area is 181 Å². The Morgan fingerprint density at radius 1 is 0.968 bits per heavy atom. The first-order valence-corrected chi connectivity index (χ1v) is 10.7. The number of likely N-dealkylation sites (tertiary alicyclic amines) is 1. The maximum Gasteiger partial charge on any atom is 0.247 e. The summed E-state index contributed by atoms with van der Waals surface area (Å²) in [4.78, 5) is 26.8. The van der Waals surface area contributed by atoms with Crippen LogP contribution in [-0.4, -0.2) is 40.0 Å². The summed E-state index contributed by atoms with van der Waals surface area (Å²) in [5.74, 6) is 1.00. The molecule has 1 aromatic heterocycles. The molecule has 0 bridgehead atoms. The molecule has 7 nitrogen and oxygen atoms in total. The molecule has 0 aliphatic carbocycles. The molecule has 160 valence electrons. The highest BCUT2D eigenvalue weighted by Gasteiger charge is 2.27. The first-order valence-electron chi connectivity index (χ1n) is 10.7. The third kappa shape index (κ3) is 5.57. The molecular formula is C24H26N4O3. The fourth-order valence-corrected chi connectivity index (χ4v) is 3.74. The van der Waals surface area contributed by atoms with E-state index in [1.54, 1.807) is 0 Å². The lowest BCUT2D eigenvalue weighted by Crippen LogP contribution is -2.43. The highest BCUT2D eigenvalue weighted by Crippen LogP contribution is 2.20. The highest BCUT2D eigenvalue weighted by molar-refractivity contribution is 5.80. The number of hydrogen-bond donors (Lipinski definition) is 1. The van der Waals surface area contributed by atoms with E-state index >= 15 is 0 Å². The van der Waals surface area contributed by atoms with E-state index in [2.05, 4.69) is 15.5 Å². The molecule has 0 radical (unpaired) electrons. The number of aryl methyl sites for hydroxylation is 1. The van der Waals surface area contributed by atoms with Gasteiger partial charge >= 0.3 is 0 Å². The minimum atomic E-state index is -0.0443. The van der Waals surface area contributed by atoms with E-state index < -0.39 is 0 Å². The van der Waals surface area contributed by atoms with Crippen LogP contribution in [0.3, 0.4) is 0 Å². The van der Waals surface area contributed by atoms with Gasteiger partial charge in [-0.15, -0.1) is 10.2 Å². The molecule has 1 aliphatic rings. The summed E-state index contributed by atoms with van der Waals surface area (Å²) in [6, 6.07) is 19.4. The number of piperidine rings is 1. The molecule has 0 spiro atoms. The normalized spacial score (nSPS) is 14.4. The molecule has 2 heterocycles. The summed E-state index contributed by atoms with van der Waals surface area (Å²) in [6.07, 6.45) is 2.10. The Morgan fingerprint density at radius 3 is 2.35 bits per heavy atom. The summed E-state index contributed by atoms with van der Waals surface area (Å²) in [7, 11) is 0. The van der Waals surface area contributed by atoms with Crippen molar-refractivity contribution in [1.29, 1.82) is 0 Å². The van der Waals surface area contributed by atoms with Crippen molar-refractivity contribution in [3.8, 4) is 11.5 Å². The number of benzene rings is 2. The van der Waals surface area contributed by atoms with Crippen molar-refractivity contribution < 1.29 is 14.0 Å². The topological polar surface area (TPSA) is 88.3 Å². The van der Waals surface area contributed by atoms with Gasteiger partial charge in [-0.05, 0) is 30.5 Å².